The Bertz CT molecular complexity index is 931. The predicted molar refractivity (Wildman–Crippen MR) is 114 cm³/mol. The Balaban J connectivity index is 1.61. The van der Waals surface area contributed by atoms with Gasteiger partial charge in [0.25, 0.3) is 0 Å². The first-order chi connectivity index (χ1) is 13.9. The molecule has 29 heavy (non-hydrogen) atoms. The first kappa shape index (κ1) is 22.1. The topological polar surface area (TPSA) is 95.5 Å². The van der Waals surface area contributed by atoms with Crippen molar-refractivity contribution in [3.8, 4) is 0 Å². The van der Waals surface area contributed by atoms with Gasteiger partial charge in [-0.05, 0) is 45.0 Å². The van der Waals surface area contributed by atoms with Crippen LogP contribution in [0.2, 0.25) is 0 Å². The lowest BCUT2D eigenvalue weighted by atomic mass is 9.99. The summed E-state index contributed by atoms with van der Waals surface area (Å²) in [6.07, 6.45) is 3.65. The third-order valence-electron chi connectivity index (χ3n) is 5.31. The van der Waals surface area contributed by atoms with E-state index in [-0.39, 0.29) is 23.3 Å². The number of nitrogens with one attached hydrogen (secondary N) is 1. The van der Waals surface area contributed by atoms with Crippen molar-refractivity contribution in [2.45, 2.75) is 37.5 Å². The maximum atomic E-state index is 13.2. The molecule has 2 heterocycles. The largest absolute Gasteiger partial charge is 0.355 e. The lowest BCUT2D eigenvalue weighted by molar-refractivity contribution is -0.126. The van der Waals surface area contributed by atoms with Gasteiger partial charge in [-0.2, -0.15) is 13.1 Å². The molecular formula is C19H29N5O3S2. The Labute approximate surface area is 176 Å². The van der Waals surface area contributed by atoms with E-state index in [9.17, 15) is 13.2 Å². The molecule has 1 aromatic heterocycles. The summed E-state index contributed by atoms with van der Waals surface area (Å²) in [6.45, 7) is 5.15. The molecule has 3 rings (SSSR count). The van der Waals surface area contributed by atoms with Crippen molar-refractivity contribution in [3.63, 3.8) is 0 Å². The SMILES string of the molecule is CCCCN(C)CCNC(=O)[C@H]1CCCN(S(=O)(=O)c2cccc3nsnc23)C1. The van der Waals surface area contributed by atoms with Crippen LogP contribution in [0.25, 0.3) is 11.0 Å². The molecule has 8 nitrogen and oxygen atoms in total. The number of carbonyl (C=O) groups excluding carboxylic acids is 1. The second kappa shape index (κ2) is 9.92. The highest BCUT2D eigenvalue weighted by Crippen LogP contribution is 2.28. The van der Waals surface area contributed by atoms with Crippen molar-refractivity contribution >= 4 is 38.7 Å². The molecule has 0 aliphatic carbocycles. The molecule has 1 saturated heterocycles. The highest BCUT2D eigenvalue weighted by molar-refractivity contribution is 7.89. The van der Waals surface area contributed by atoms with E-state index in [1.165, 1.54) is 4.31 Å². The molecule has 1 aromatic carbocycles. The number of benzene rings is 1. The quantitative estimate of drug-likeness (QED) is 0.642. The molecule has 0 unspecified atom stereocenters. The molecule has 0 radical (unpaired) electrons. The maximum Gasteiger partial charge on any atom is 0.245 e. The smallest absolute Gasteiger partial charge is 0.245 e. The number of hydrogen-bond acceptors (Lipinski definition) is 7. The Hall–Kier alpha value is -1.62. The van der Waals surface area contributed by atoms with Gasteiger partial charge in [-0.3, -0.25) is 4.79 Å². The second-order valence-corrected chi connectivity index (χ2v) is 9.97. The lowest BCUT2D eigenvalue weighted by Gasteiger charge is -2.31. The average molecular weight is 440 g/mol. The fourth-order valence-corrected chi connectivity index (χ4v) is 5.83. The maximum absolute atomic E-state index is 13.2. The van der Waals surface area contributed by atoms with E-state index in [1.807, 2.05) is 7.05 Å². The van der Waals surface area contributed by atoms with E-state index < -0.39 is 10.0 Å². The van der Waals surface area contributed by atoms with Crippen molar-refractivity contribution in [1.29, 1.82) is 0 Å². The van der Waals surface area contributed by atoms with Gasteiger partial charge in [0, 0.05) is 26.2 Å². The number of rotatable bonds is 9. The van der Waals surface area contributed by atoms with Gasteiger partial charge in [0.05, 0.1) is 17.6 Å². The van der Waals surface area contributed by atoms with Gasteiger partial charge in [0.15, 0.2) is 0 Å². The number of sulfonamides is 1. The minimum Gasteiger partial charge on any atom is -0.355 e. The fourth-order valence-electron chi connectivity index (χ4n) is 3.56. The molecule has 0 saturated carbocycles. The molecule has 1 N–H and O–H groups in total. The van der Waals surface area contributed by atoms with Crippen molar-refractivity contribution in [1.82, 2.24) is 23.3 Å². The number of unbranched alkanes of at least 4 members (excludes halogenated alkanes) is 1. The van der Waals surface area contributed by atoms with Crippen LogP contribution >= 0.6 is 11.7 Å². The molecule has 1 fully saturated rings. The van der Waals surface area contributed by atoms with Crippen molar-refractivity contribution in [3.05, 3.63) is 18.2 Å². The third kappa shape index (κ3) is 5.30. The van der Waals surface area contributed by atoms with E-state index in [1.54, 1.807) is 18.2 Å². The number of likely N-dealkylation sites (N-methyl/N-ethyl adjacent to an activating group) is 1. The molecule has 2 aromatic rings. The van der Waals surface area contributed by atoms with Crippen LogP contribution in [-0.2, 0) is 14.8 Å². The summed E-state index contributed by atoms with van der Waals surface area (Å²) in [5.74, 6) is -0.394. The Kier molecular flexibility index (Phi) is 7.55. The van der Waals surface area contributed by atoms with Gasteiger partial charge >= 0.3 is 0 Å². The van der Waals surface area contributed by atoms with E-state index in [2.05, 4.69) is 25.9 Å². The van der Waals surface area contributed by atoms with Gasteiger partial charge in [-0.1, -0.05) is 19.4 Å². The normalized spacial score (nSPS) is 18.4. The lowest BCUT2D eigenvalue weighted by Crippen LogP contribution is -2.46. The van der Waals surface area contributed by atoms with Crippen LogP contribution in [0.1, 0.15) is 32.6 Å². The predicted octanol–water partition coefficient (Wildman–Crippen LogP) is 1.94. The van der Waals surface area contributed by atoms with Gasteiger partial charge < -0.3 is 10.2 Å². The second-order valence-electron chi connectivity index (χ2n) is 7.54. The minimum absolute atomic E-state index is 0.0673. The van der Waals surface area contributed by atoms with Crippen molar-refractivity contribution < 1.29 is 13.2 Å². The Morgan fingerprint density at radius 1 is 1.34 bits per heavy atom. The molecule has 1 aliphatic heterocycles. The van der Waals surface area contributed by atoms with Crippen molar-refractivity contribution in [2.24, 2.45) is 5.92 Å². The highest BCUT2D eigenvalue weighted by atomic mass is 32.2. The van der Waals surface area contributed by atoms with Crippen molar-refractivity contribution in [2.75, 3.05) is 39.8 Å². The van der Waals surface area contributed by atoms with Crippen LogP contribution < -0.4 is 5.32 Å². The average Bonchev–Trinajstić information content (AvgIpc) is 3.21. The van der Waals surface area contributed by atoms with Crippen LogP contribution in [0.3, 0.4) is 0 Å². The van der Waals surface area contributed by atoms with Crippen LogP contribution in [0, 0.1) is 5.92 Å². The van der Waals surface area contributed by atoms with Crippen LogP contribution in [0.15, 0.2) is 23.1 Å². The van der Waals surface area contributed by atoms with Gasteiger partial charge in [-0.25, -0.2) is 8.42 Å². The van der Waals surface area contributed by atoms with Crippen LogP contribution in [0.4, 0.5) is 0 Å². The molecule has 160 valence electrons. The first-order valence-electron chi connectivity index (χ1n) is 10.1. The summed E-state index contributed by atoms with van der Waals surface area (Å²) in [6, 6.07) is 5.00. The first-order valence-corrected chi connectivity index (χ1v) is 12.3. The van der Waals surface area contributed by atoms with E-state index in [4.69, 9.17) is 0 Å². The summed E-state index contributed by atoms with van der Waals surface area (Å²) < 4.78 is 36.1. The van der Waals surface area contributed by atoms with E-state index in [0.717, 1.165) is 37.7 Å². The zero-order chi connectivity index (χ0) is 20.9. The number of nitrogens with zero attached hydrogens (tertiary/aromatic N) is 4. The van der Waals surface area contributed by atoms with Crippen LogP contribution in [-0.4, -0.2) is 72.0 Å². The Morgan fingerprint density at radius 3 is 2.97 bits per heavy atom. The van der Waals surface area contributed by atoms with Crippen LogP contribution in [0.5, 0.6) is 0 Å². The molecule has 0 bridgehead atoms. The fraction of sp³-hybridized carbons (Fsp3) is 0.632. The highest BCUT2D eigenvalue weighted by Gasteiger charge is 2.34. The Morgan fingerprint density at radius 2 is 2.17 bits per heavy atom. The zero-order valence-electron chi connectivity index (χ0n) is 17.0. The molecule has 10 heteroatoms. The summed E-state index contributed by atoms with van der Waals surface area (Å²) in [5.41, 5.74) is 0.980. The number of aromatic nitrogens is 2. The van der Waals surface area contributed by atoms with Gasteiger partial charge in [0.1, 0.15) is 15.9 Å². The summed E-state index contributed by atoms with van der Waals surface area (Å²) >= 11 is 1.00. The van der Waals surface area contributed by atoms with Gasteiger partial charge in [-0.15, -0.1) is 0 Å². The molecule has 1 aliphatic rings. The summed E-state index contributed by atoms with van der Waals surface area (Å²) in [4.78, 5) is 15.0. The molecular weight excluding hydrogens is 410 g/mol. The number of carbonyl (C=O) groups is 1. The summed E-state index contributed by atoms with van der Waals surface area (Å²) in [5, 5.41) is 2.97. The number of piperidine rings is 1. The molecule has 1 amide bonds. The third-order valence-corrected chi connectivity index (χ3v) is 7.75. The molecule has 1 atom stereocenters. The van der Waals surface area contributed by atoms with Gasteiger partial charge in [0.2, 0.25) is 15.9 Å². The zero-order valence-corrected chi connectivity index (χ0v) is 18.6. The number of hydrogen-bond donors (Lipinski definition) is 1. The van der Waals surface area contributed by atoms with E-state index in [0.29, 0.717) is 37.0 Å². The standard InChI is InChI=1S/C19H29N5O3S2/c1-3-4-11-23(2)13-10-20-19(25)15-7-6-12-24(14-15)29(26,27)17-9-5-8-16-18(17)22-28-21-16/h5,8-9,15H,3-4,6-7,10-14H2,1-2H3,(H,20,25)/t15-/m0/s1. The molecule has 0 spiro atoms. The number of amides is 1. The monoisotopic (exact) mass is 439 g/mol. The van der Waals surface area contributed by atoms with E-state index >= 15 is 0 Å². The summed E-state index contributed by atoms with van der Waals surface area (Å²) in [7, 11) is -1.67. The minimum atomic E-state index is -3.72. The number of fused-ring (bicyclic) bond motifs is 1.